The fraction of sp³-hybridized carbons (Fsp3) is 0.0588. The van der Waals surface area contributed by atoms with E-state index in [1.165, 1.54) is 43.8 Å². The van der Waals surface area contributed by atoms with Crippen LogP contribution in [0.5, 0.6) is 0 Å². The van der Waals surface area contributed by atoms with Gasteiger partial charge in [0.2, 0.25) is 0 Å². The molecule has 0 saturated carbocycles. The van der Waals surface area contributed by atoms with Gasteiger partial charge in [-0.3, -0.25) is 14.7 Å². The van der Waals surface area contributed by atoms with E-state index in [0.29, 0.717) is 5.52 Å². The zero-order valence-electron chi connectivity index (χ0n) is 13.5. The summed E-state index contributed by atoms with van der Waals surface area (Å²) in [5.74, 6) is -0.732. The van der Waals surface area contributed by atoms with E-state index >= 15 is 0 Å². The average molecular weight is 368 g/mol. The highest BCUT2D eigenvalue weighted by atomic mass is 32.2. The van der Waals surface area contributed by atoms with Crippen LogP contribution >= 0.6 is 0 Å². The second kappa shape index (κ2) is 6.78. The van der Waals surface area contributed by atoms with Gasteiger partial charge in [0.05, 0.1) is 35.5 Å². The van der Waals surface area contributed by atoms with Gasteiger partial charge in [0, 0.05) is 12.4 Å². The van der Waals surface area contributed by atoms with Crippen LogP contribution in [0.3, 0.4) is 0 Å². The van der Waals surface area contributed by atoms with Crippen LogP contribution in [0.4, 0.5) is 5.69 Å². The van der Waals surface area contributed by atoms with Crippen molar-refractivity contribution in [2.75, 3.05) is 11.8 Å². The van der Waals surface area contributed by atoms with E-state index in [9.17, 15) is 13.2 Å². The summed E-state index contributed by atoms with van der Waals surface area (Å²) in [4.78, 5) is 20.0. The number of anilines is 1. The average Bonchev–Trinajstić information content (AvgIpc) is 2.66. The molecule has 130 valence electrons. The van der Waals surface area contributed by atoms with E-state index in [0.717, 1.165) is 0 Å². The minimum absolute atomic E-state index is 0.0126. The highest BCUT2D eigenvalue weighted by molar-refractivity contribution is 7.93. The summed E-state index contributed by atoms with van der Waals surface area (Å²) in [6.45, 7) is 0. The molecule has 0 amide bonds. The van der Waals surface area contributed by atoms with Gasteiger partial charge in [0.15, 0.2) is 0 Å². The van der Waals surface area contributed by atoms with Crippen molar-refractivity contribution in [1.29, 1.82) is 5.26 Å². The number of hydrogen-bond acceptors (Lipinski definition) is 7. The van der Waals surface area contributed by atoms with E-state index in [1.807, 2.05) is 6.07 Å². The Morgan fingerprint density at radius 1 is 1.19 bits per heavy atom. The van der Waals surface area contributed by atoms with Crippen LogP contribution in [0.25, 0.3) is 11.0 Å². The first-order valence-electron chi connectivity index (χ1n) is 7.31. The van der Waals surface area contributed by atoms with Crippen molar-refractivity contribution < 1.29 is 17.9 Å². The summed E-state index contributed by atoms with van der Waals surface area (Å²) >= 11 is 0. The molecule has 0 aliphatic carbocycles. The van der Waals surface area contributed by atoms with Crippen LogP contribution in [0.15, 0.2) is 53.7 Å². The minimum atomic E-state index is -4.10. The lowest BCUT2D eigenvalue weighted by molar-refractivity contribution is 0.0602. The number of benzene rings is 2. The molecule has 0 radical (unpaired) electrons. The molecule has 0 atom stereocenters. The first-order chi connectivity index (χ1) is 12.5. The maximum Gasteiger partial charge on any atom is 0.339 e. The van der Waals surface area contributed by atoms with Crippen LogP contribution < -0.4 is 4.72 Å². The van der Waals surface area contributed by atoms with Gasteiger partial charge in [-0.2, -0.15) is 5.26 Å². The number of esters is 1. The SMILES string of the molecule is COC(=O)c1ccc(C#N)cc1NS(=O)(=O)c1cccc2nccnc12. The largest absolute Gasteiger partial charge is 0.465 e. The molecule has 0 aliphatic rings. The fourth-order valence-corrected chi connectivity index (χ4v) is 3.61. The number of rotatable bonds is 4. The summed E-state index contributed by atoms with van der Waals surface area (Å²) in [6.07, 6.45) is 2.84. The van der Waals surface area contributed by atoms with E-state index in [2.05, 4.69) is 19.4 Å². The van der Waals surface area contributed by atoms with E-state index in [-0.39, 0.29) is 27.2 Å². The molecule has 0 fully saturated rings. The second-order valence-electron chi connectivity index (χ2n) is 5.15. The quantitative estimate of drug-likeness (QED) is 0.700. The molecule has 1 aromatic heterocycles. The molecule has 0 aliphatic heterocycles. The third kappa shape index (κ3) is 3.18. The molecule has 9 heteroatoms. The number of carbonyl (C=O) groups excluding carboxylic acids is 1. The predicted octanol–water partition coefficient (Wildman–Crippen LogP) is 2.09. The van der Waals surface area contributed by atoms with Crippen LogP contribution in [0.1, 0.15) is 15.9 Å². The smallest absolute Gasteiger partial charge is 0.339 e. The van der Waals surface area contributed by atoms with Gasteiger partial charge < -0.3 is 4.74 Å². The van der Waals surface area contributed by atoms with Crippen molar-refractivity contribution >= 4 is 32.7 Å². The summed E-state index contributed by atoms with van der Waals surface area (Å²) in [5.41, 5.74) is 0.721. The predicted molar refractivity (Wildman–Crippen MR) is 92.8 cm³/mol. The van der Waals surface area contributed by atoms with Gasteiger partial charge in [0.25, 0.3) is 10.0 Å². The summed E-state index contributed by atoms with van der Waals surface area (Å²) < 4.78 is 32.7. The second-order valence-corrected chi connectivity index (χ2v) is 6.80. The Morgan fingerprint density at radius 3 is 2.69 bits per heavy atom. The lowest BCUT2D eigenvalue weighted by Crippen LogP contribution is -2.17. The molecule has 0 saturated heterocycles. The van der Waals surface area contributed by atoms with Crippen molar-refractivity contribution in [3.63, 3.8) is 0 Å². The van der Waals surface area contributed by atoms with Crippen molar-refractivity contribution in [3.8, 4) is 6.07 Å². The number of fused-ring (bicyclic) bond motifs is 1. The molecule has 1 N–H and O–H groups in total. The monoisotopic (exact) mass is 368 g/mol. The zero-order chi connectivity index (χ0) is 18.7. The number of nitrogens with one attached hydrogen (secondary N) is 1. The van der Waals surface area contributed by atoms with Crippen molar-refractivity contribution in [2.24, 2.45) is 0 Å². The lowest BCUT2D eigenvalue weighted by Gasteiger charge is -2.13. The minimum Gasteiger partial charge on any atom is -0.465 e. The van der Waals surface area contributed by atoms with Gasteiger partial charge in [-0.1, -0.05) is 6.07 Å². The first-order valence-corrected chi connectivity index (χ1v) is 8.79. The van der Waals surface area contributed by atoms with E-state index < -0.39 is 16.0 Å². The number of aromatic nitrogens is 2. The topological polar surface area (TPSA) is 122 Å². The van der Waals surface area contributed by atoms with Crippen LogP contribution in [-0.4, -0.2) is 31.5 Å². The molecule has 3 rings (SSSR count). The summed E-state index contributed by atoms with van der Waals surface area (Å²) in [5, 5.41) is 9.04. The number of hydrogen-bond donors (Lipinski definition) is 1. The molecule has 2 aromatic carbocycles. The first kappa shape index (κ1) is 17.3. The standard InChI is InChI=1S/C17H12N4O4S/c1-25-17(22)12-6-5-11(10-18)9-14(12)21-26(23,24)15-4-2-3-13-16(15)20-8-7-19-13/h2-9,21H,1H3. The number of nitrogens with zero attached hydrogens (tertiary/aromatic N) is 3. The molecule has 3 aromatic rings. The van der Waals surface area contributed by atoms with E-state index in [4.69, 9.17) is 5.26 Å². The van der Waals surface area contributed by atoms with Crippen LogP contribution in [0, 0.1) is 11.3 Å². The maximum atomic E-state index is 12.9. The summed E-state index contributed by atoms with van der Waals surface area (Å²) in [6, 6.07) is 10.4. The Morgan fingerprint density at radius 2 is 1.96 bits per heavy atom. The highest BCUT2D eigenvalue weighted by Crippen LogP contribution is 2.25. The fourth-order valence-electron chi connectivity index (χ4n) is 2.37. The number of para-hydroxylation sites is 1. The Labute approximate surface area is 149 Å². The summed E-state index contributed by atoms with van der Waals surface area (Å²) in [7, 11) is -2.92. The highest BCUT2D eigenvalue weighted by Gasteiger charge is 2.22. The van der Waals surface area contributed by atoms with Crippen molar-refractivity contribution in [3.05, 3.63) is 59.9 Å². The normalized spacial score (nSPS) is 10.9. The molecule has 0 unspecified atom stereocenters. The van der Waals surface area contributed by atoms with Gasteiger partial charge in [-0.05, 0) is 30.3 Å². The number of methoxy groups -OCH3 is 1. The molecule has 1 heterocycles. The number of ether oxygens (including phenoxy) is 1. The van der Waals surface area contributed by atoms with Crippen molar-refractivity contribution in [1.82, 2.24) is 9.97 Å². The van der Waals surface area contributed by atoms with Gasteiger partial charge in [0.1, 0.15) is 10.4 Å². The Hall–Kier alpha value is -3.51. The van der Waals surface area contributed by atoms with Crippen LogP contribution in [-0.2, 0) is 14.8 Å². The number of sulfonamides is 1. The maximum absolute atomic E-state index is 12.9. The Bertz CT molecular complexity index is 1150. The zero-order valence-corrected chi connectivity index (χ0v) is 14.3. The molecule has 8 nitrogen and oxygen atoms in total. The number of carbonyl (C=O) groups is 1. The van der Waals surface area contributed by atoms with Gasteiger partial charge in [-0.15, -0.1) is 0 Å². The van der Waals surface area contributed by atoms with Crippen LogP contribution in [0.2, 0.25) is 0 Å². The van der Waals surface area contributed by atoms with Gasteiger partial charge in [-0.25, -0.2) is 13.2 Å². The molecule has 0 bridgehead atoms. The molecule has 26 heavy (non-hydrogen) atoms. The third-order valence-electron chi connectivity index (χ3n) is 3.55. The van der Waals surface area contributed by atoms with E-state index in [1.54, 1.807) is 12.1 Å². The number of nitriles is 1. The third-order valence-corrected chi connectivity index (χ3v) is 4.95. The Balaban J connectivity index is 2.13. The molecule has 0 spiro atoms. The Kier molecular flexibility index (Phi) is 4.51. The lowest BCUT2D eigenvalue weighted by atomic mass is 10.1. The molecular formula is C17H12N4O4S. The molecular weight excluding hydrogens is 356 g/mol. The van der Waals surface area contributed by atoms with Crippen molar-refractivity contribution in [2.45, 2.75) is 4.90 Å². The van der Waals surface area contributed by atoms with Gasteiger partial charge >= 0.3 is 5.97 Å².